The zero-order chi connectivity index (χ0) is 20.9. The van der Waals surface area contributed by atoms with Gasteiger partial charge in [-0.3, -0.25) is 4.99 Å². The number of allylic oxidation sites excluding steroid dienone is 2. The Bertz CT molecular complexity index is 1120. The van der Waals surface area contributed by atoms with Gasteiger partial charge >= 0.3 is 37.9 Å². The molecule has 1 heterocycles. The molecule has 1 unspecified atom stereocenters. The number of halogens is 3. The molecule has 1 aliphatic heterocycles. The fourth-order valence-corrected chi connectivity index (χ4v) is 4.25. The molecule has 0 fully saturated rings. The molecule has 2 aliphatic carbocycles. The van der Waals surface area contributed by atoms with Crippen molar-refractivity contribution in [3.8, 4) is 11.1 Å². The molecule has 1 nitrogen and oxygen atoms in total. The summed E-state index contributed by atoms with van der Waals surface area (Å²) < 4.78 is 1.01. The quantitative estimate of drug-likeness (QED) is 0.115. The van der Waals surface area contributed by atoms with Crippen LogP contribution in [-0.2, 0) is 40.8 Å². The van der Waals surface area contributed by atoms with Gasteiger partial charge in [-0.1, -0.05) is 61.4 Å². The van der Waals surface area contributed by atoms with E-state index in [1.54, 1.807) is 0 Å². The van der Waals surface area contributed by atoms with Gasteiger partial charge in [0.05, 0.1) is 0 Å². The summed E-state index contributed by atoms with van der Waals surface area (Å²) in [6, 6.07) is 25.6. The Balaban J connectivity index is 0.000000152. The largest absolute Gasteiger partial charge is 0.813 e. The van der Waals surface area contributed by atoms with Gasteiger partial charge in [0.2, 0.25) is 0 Å². The molecule has 0 saturated carbocycles. The third-order valence-corrected chi connectivity index (χ3v) is 5.65. The topological polar surface area (TPSA) is 12.4 Å². The Kier molecular flexibility index (Phi) is 9.43. The molecule has 0 aromatic heterocycles. The Morgan fingerprint density at radius 3 is 2.65 bits per heavy atom. The summed E-state index contributed by atoms with van der Waals surface area (Å²) in [5, 5.41) is 0. The van der Waals surface area contributed by atoms with Crippen LogP contribution in [0.4, 0.5) is 0 Å². The molecule has 3 aromatic rings. The van der Waals surface area contributed by atoms with Gasteiger partial charge in [-0.05, 0) is 12.5 Å². The van der Waals surface area contributed by atoms with Crippen molar-refractivity contribution in [2.75, 3.05) is 0 Å². The maximum atomic E-state index is 4.93. The van der Waals surface area contributed by atoms with Crippen molar-refractivity contribution in [1.29, 1.82) is 0 Å². The van der Waals surface area contributed by atoms with E-state index < -0.39 is 20.8 Å². The van der Waals surface area contributed by atoms with Gasteiger partial charge < -0.3 is 13.5 Å². The predicted octanol–water partition coefficient (Wildman–Crippen LogP) is 7.49. The standard InChI is InChI=1S/C13H9.C12H7BrN.2ClH.H2S.Zr/c1-3-7-12-10(5-1)9-11-6-2-4-8-13(11)12;13-10-1-2-11-9(6-10)5-8-3-4-14-7-12(8)11;;;;/h1-5,7-8H,9H2;1-5,7,12H;2*1H;1H2;/q2*-1;;;;+2/p-3. The number of thiol groups is 1. The van der Waals surface area contributed by atoms with Gasteiger partial charge in [-0.25, -0.2) is 0 Å². The van der Waals surface area contributed by atoms with Crippen LogP contribution >= 0.6 is 33.0 Å². The predicted molar refractivity (Wildman–Crippen MR) is 135 cm³/mol. The van der Waals surface area contributed by atoms with E-state index in [1.807, 2.05) is 24.5 Å². The van der Waals surface area contributed by atoms with Gasteiger partial charge in [-0.2, -0.15) is 29.8 Å². The Morgan fingerprint density at radius 2 is 1.81 bits per heavy atom. The zero-order valence-electron chi connectivity index (χ0n) is 16.3. The Hall–Kier alpha value is -0.897. The third kappa shape index (κ3) is 5.73. The van der Waals surface area contributed by atoms with E-state index in [0.717, 1.165) is 10.9 Å². The fourth-order valence-electron chi connectivity index (χ4n) is 3.90. The van der Waals surface area contributed by atoms with Crippen LogP contribution in [0.5, 0.6) is 0 Å². The maximum absolute atomic E-state index is 4.93. The van der Waals surface area contributed by atoms with Gasteiger partial charge in [0, 0.05) is 18.3 Å². The minimum Gasteiger partial charge on any atom is -0.813 e. The van der Waals surface area contributed by atoms with Crippen LogP contribution in [-0.4, -0.2) is 6.21 Å². The average Bonchev–Trinajstić information content (AvgIpc) is 3.32. The number of hydrogen-bond acceptors (Lipinski definition) is 2. The molecule has 6 heteroatoms. The van der Waals surface area contributed by atoms with Gasteiger partial charge in [-0.15, -0.1) is 41.0 Å². The fraction of sp³-hybridized carbons (Fsp3) is 0.0800. The van der Waals surface area contributed by atoms with Crippen molar-refractivity contribution in [3.63, 3.8) is 0 Å². The number of rotatable bonds is 0. The Labute approximate surface area is 217 Å². The third-order valence-electron chi connectivity index (χ3n) is 5.18. The summed E-state index contributed by atoms with van der Waals surface area (Å²) in [6.07, 6.45) is 9.11. The molecule has 1 atom stereocenters. The summed E-state index contributed by atoms with van der Waals surface area (Å²) in [5.74, 6) is 0.347. The van der Waals surface area contributed by atoms with Gasteiger partial charge in [0.15, 0.2) is 0 Å². The molecular formula is C25H17BrCl2NSZr-3. The van der Waals surface area contributed by atoms with E-state index in [1.165, 1.54) is 39.0 Å². The average molecular weight is 606 g/mol. The molecule has 6 rings (SSSR count). The van der Waals surface area contributed by atoms with E-state index in [9.17, 15) is 0 Å². The Morgan fingerprint density at radius 1 is 1.03 bits per heavy atom. The minimum atomic E-state index is -0.826. The summed E-state index contributed by atoms with van der Waals surface area (Å²) in [5.41, 5.74) is 9.30. The van der Waals surface area contributed by atoms with Crippen LogP contribution < -0.4 is 0 Å². The second-order valence-corrected chi connectivity index (χ2v) is 11.5. The summed E-state index contributed by atoms with van der Waals surface area (Å²) in [4.78, 5) is 4.17. The normalized spacial score (nSPS) is 15.5. The molecule has 0 amide bonds. The second-order valence-electron chi connectivity index (χ2n) is 6.88. The summed E-state index contributed by atoms with van der Waals surface area (Å²) in [6.45, 7) is 0. The second kappa shape index (κ2) is 11.8. The number of nitrogens with zero attached hydrogens (tertiary/aromatic N) is 1. The summed E-state index contributed by atoms with van der Waals surface area (Å²) >= 11 is 2.60. The van der Waals surface area contributed by atoms with Crippen molar-refractivity contribution in [2.45, 2.75) is 12.3 Å². The van der Waals surface area contributed by atoms with E-state index in [-0.39, 0.29) is 13.5 Å². The zero-order valence-corrected chi connectivity index (χ0v) is 22.8. The molecule has 0 bridgehead atoms. The van der Waals surface area contributed by atoms with Crippen molar-refractivity contribution >= 4 is 58.7 Å². The first kappa shape index (κ1) is 24.7. The van der Waals surface area contributed by atoms with Crippen molar-refractivity contribution < 1.29 is 20.8 Å². The van der Waals surface area contributed by atoms with Crippen LogP contribution in [0, 0.1) is 12.1 Å². The number of fused-ring (bicyclic) bond motifs is 6. The first-order valence-corrected chi connectivity index (χ1v) is 16.5. The molecule has 0 spiro atoms. The number of benzene rings is 3. The molecule has 3 aromatic carbocycles. The number of hydrogen-bond donors (Lipinski definition) is 0. The van der Waals surface area contributed by atoms with Crippen LogP contribution in [0.25, 0.3) is 17.2 Å². The van der Waals surface area contributed by atoms with Crippen molar-refractivity contribution in [1.82, 2.24) is 0 Å². The van der Waals surface area contributed by atoms with Crippen LogP contribution in [0.1, 0.15) is 28.2 Å². The van der Waals surface area contributed by atoms with Crippen molar-refractivity contribution in [2.24, 2.45) is 4.99 Å². The van der Waals surface area contributed by atoms with Crippen LogP contribution in [0.15, 0.2) is 81.9 Å². The van der Waals surface area contributed by atoms with Gasteiger partial charge in [0.1, 0.15) is 0 Å². The molecule has 0 radical (unpaired) electrons. The molecule has 31 heavy (non-hydrogen) atoms. The van der Waals surface area contributed by atoms with E-state index in [0.29, 0.717) is 5.92 Å². The van der Waals surface area contributed by atoms with Crippen LogP contribution in [0.2, 0.25) is 0 Å². The monoisotopic (exact) mass is 602 g/mol. The molecular weight excluding hydrogens is 588 g/mol. The van der Waals surface area contributed by atoms with Crippen LogP contribution in [0.3, 0.4) is 0 Å². The first-order valence-electron chi connectivity index (χ1n) is 9.38. The molecule has 156 valence electrons. The maximum Gasteiger partial charge on any atom is -0.0253 e. The molecule has 3 aliphatic rings. The molecule has 0 saturated heterocycles. The SMILES string of the molecule is Brc1[c-]c2c(cc1)C1C=NC=CC1=C2.[Cl][Zr][Cl].[SH-].[c-]1cccc2c1Cc1ccccc1-2. The smallest absolute Gasteiger partial charge is 0.0253 e. The summed E-state index contributed by atoms with van der Waals surface area (Å²) in [7, 11) is 9.87. The minimum absolute atomic E-state index is 0. The first-order chi connectivity index (χ1) is 14.7. The van der Waals surface area contributed by atoms with Gasteiger partial charge in [0.25, 0.3) is 0 Å². The number of aliphatic imine (C=N–C) groups is 1. The van der Waals surface area contributed by atoms with E-state index >= 15 is 0 Å². The van der Waals surface area contributed by atoms with Crippen molar-refractivity contribution in [3.05, 3.63) is 111 Å². The molecule has 0 N–H and O–H groups in total. The van der Waals surface area contributed by atoms with E-state index in [2.05, 4.69) is 87.7 Å². The van der Waals surface area contributed by atoms with E-state index in [4.69, 9.17) is 17.0 Å².